The molecule has 0 N–H and O–H groups in total. The van der Waals surface area contributed by atoms with Crippen molar-refractivity contribution < 1.29 is 0 Å². The van der Waals surface area contributed by atoms with Crippen LogP contribution in [0.15, 0.2) is 59.1 Å². The van der Waals surface area contributed by atoms with Gasteiger partial charge in [-0.25, -0.2) is 0 Å². The van der Waals surface area contributed by atoms with Crippen LogP contribution in [0.3, 0.4) is 0 Å². The Labute approximate surface area is 124 Å². The first-order chi connectivity index (χ1) is 9.31. The highest BCUT2D eigenvalue weighted by molar-refractivity contribution is 9.10. The molecule has 2 heteroatoms. The zero-order valence-corrected chi connectivity index (χ0v) is 12.9. The number of hydrogen-bond acceptors (Lipinski definition) is 1. The molecule has 0 saturated carbocycles. The number of hydrogen-bond donors (Lipinski definition) is 0. The Bertz CT molecular complexity index is 496. The van der Waals surface area contributed by atoms with Crippen LogP contribution in [0.4, 0.5) is 5.69 Å². The van der Waals surface area contributed by atoms with Gasteiger partial charge in [-0.2, -0.15) is 0 Å². The van der Waals surface area contributed by atoms with Gasteiger partial charge in [0.05, 0.1) is 0 Å². The van der Waals surface area contributed by atoms with Crippen molar-refractivity contribution in [2.24, 2.45) is 0 Å². The lowest BCUT2D eigenvalue weighted by molar-refractivity contribution is 0.715. The molecule has 1 nitrogen and oxygen atoms in total. The second-order valence-corrected chi connectivity index (χ2v) is 5.56. The standard InChI is InChI=1S/C17H20BrN/c1-2-3-13-19(16-10-5-4-6-11-16)14-15-9-7-8-12-17(15)18/h4-12H,2-3,13-14H2,1H3. The van der Waals surface area contributed by atoms with E-state index in [0.29, 0.717) is 0 Å². The summed E-state index contributed by atoms with van der Waals surface area (Å²) < 4.78 is 1.19. The van der Waals surface area contributed by atoms with Crippen LogP contribution in [0, 0.1) is 0 Å². The molecular weight excluding hydrogens is 298 g/mol. The first-order valence-corrected chi connectivity index (χ1v) is 7.64. The van der Waals surface area contributed by atoms with Crippen molar-refractivity contribution in [1.29, 1.82) is 0 Å². The van der Waals surface area contributed by atoms with Gasteiger partial charge in [0.25, 0.3) is 0 Å². The molecule has 100 valence electrons. The molecule has 2 rings (SSSR count). The first-order valence-electron chi connectivity index (χ1n) is 6.84. The van der Waals surface area contributed by atoms with Gasteiger partial charge < -0.3 is 4.90 Å². The Hall–Kier alpha value is -1.28. The summed E-state index contributed by atoms with van der Waals surface area (Å²) >= 11 is 3.64. The van der Waals surface area contributed by atoms with Gasteiger partial charge in [-0.15, -0.1) is 0 Å². The van der Waals surface area contributed by atoms with E-state index in [1.807, 2.05) is 0 Å². The topological polar surface area (TPSA) is 3.24 Å². The molecule has 0 aromatic heterocycles. The third kappa shape index (κ3) is 4.10. The molecule has 0 heterocycles. The van der Waals surface area contributed by atoms with Crippen LogP contribution in [0.25, 0.3) is 0 Å². The minimum atomic E-state index is 0.950. The summed E-state index contributed by atoms with van der Waals surface area (Å²) in [5, 5.41) is 0. The Balaban J connectivity index is 2.17. The summed E-state index contributed by atoms with van der Waals surface area (Å²) in [6, 6.07) is 19.1. The number of nitrogens with zero attached hydrogens (tertiary/aromatic N) is 1. The predicted octanol–water partition coefficient (Wildman–Crippen LogP) is 5.26. The highest BCUT2D eigenvalue weighted by atomic mass is 79.9. The number of para-hydroxylation sites is 1. The van der Waals surface area contributed by atoms with E-state index in [-0.39, 0.29) is 0 Å². The van der Waals surface area contributed by atoms with E-state index in [2.05, 4.69) is 82.4 Å². The molecule has 0 amide bonds. The average Bonchev–Trinajstić information content (AvgIpc) is 2.46. The summed E-state index contributed by atoms with van der Waals surface area (Å²) in [4.78, 5) is 2.45. The number of unbranched alkanes of at least 4 members (excludes halogenated alkanes) is 1. The zero-order chi connectivity index (χ0) is 13.5. The quantitative estimate of drug-likeness (QED) is 0.702. The number of rotatable bonds is 6. The van der Waals surface area contributed by atoms with E-state index < -0.39 is 0 Å². The molecule has 0 fully saturated rings. The summed E-state index contributed by atoms with van der Waals surface area (Å²) in [5.41, 5.74) is 2.63. The van der Waals surface area contributed by atoms with Crippen LogP contribution in [-0.2, 0) is 6.54 Å². The van der Waals surface area contributed by atoms with Gasteiger partial charge >= 0.3 is 0 Å². The number of halogens is 1. The van der Waals surface area contributed by atoms with Gasteiger partial charge in [0.2, 0.25) is 0 Å². The Morgan fingerprint density at radius 1 is 0.947 bits per heavy atom. The van der Waals surface area contributed by atoms with Gasteiger partial charge in [-0.1, -0.05) is 65.7 Å². The minimum absolute atomic E-state index is 0.950. The van der Waals surface area contributed by atoms with Crippen molar-refractivity contribution in [2.45, 2.75) is 26.3 Å². The van der Waals surface area contributed by atoms with Crippen molar-refractivity contribution in [2.75, 3.05) is 11.4 Å². The molecule has 0 spiro atoms. The molecule has 0 aliphatic rings. The highest BCUT2D eigenvalue weighted by Gasteiger charge is 2.08. The van der Waals surface area contributed by atoms with E-state index in [4.69, 9.17) is 0 Å². The molecule has 0 aliphatic carbocycles. The smallest absolute Gasteiger partial charge is 0.0440 e. The summed E-state index contributed by atoms with van der Waals surface area (Å²) in [7, 11) is 0. The maximum atomic E-state index is 3.64. The molecular formula is C17H20BrN. The monoisotopic (exact) mass is 317 g/mol. The first kappa shape index (κ1) is 14.1. The van der Waals surface area contributed by atoms with E-state index in [1.54, 1.807) is 0 Å². The maximum Gasteiger partial charge on any atom is 0.0440 e. The molecule has 0 bridgehead atoms. The molecule has 19 heavy (non-hydrogen) atoms. The van der Waals surface area contributed by atoms with Gasteiger partial charge in [0.1, 0.15) is 0 Å². The van der Waals surface area contributed by atoms with E-state index in [1.165, 1.54) is 28.6 Å². The van der Waals surface area contributed by atoms with Gasteiger partial charge in [0, 0.05) is 23.2 Å². The molecule has 2 aromatic rings. The fraction of sp³-hybridized carbons (Fsp3) is 0.294. The second-order valence-electron chi connectivity index (χ2n) is 4.70. The van der Waals surface area contributed by atoms with Gasteiger partial charge in [-0.3, -0.25) is 0 Å². The fourth-order valence-electron chi connectivity index (χ4n) is 2.12. The number of benzene rings is 2. The van der Waals surface area contributed by atoms with Crippen molar-refractivity contribution >= 4 is 21.6 Å². The van der Waals surface area contributed by atoms with Crippen molar-refractivity contribution in [3.8, 4) is 0 Å². The van der Waals surface area contributed by atoms with E-state index in [9.17, 15) is 0 Å². The Morgan fingerprint density at radius 2 is 1.63 bits per heavy atom. The van der Waals surface area contributed by atoms with Gasteiger partial charge in [0.15, 0.2) is 0 Å². The molecule has 0 unspecified atom stereocenters. The van der Waals surface area contributed by atoms with Crippen molar-refractivity contribution in [3.05, 3.63) is 64.6 Å². The summed E-state index contributed by atoms with van der Waals surface area (Å²) in [6.45, 7) is 4.29. The summed E-state index contributed by atoms with van der Waals surface area (Å²) in [5.74, 6) is 0. The molecule has 2 aromatic carbocycles. The largest absolute Gasteiger partial charge is 0.367 e. The SMILES string of the molecule is CCCCN(Cc1ccccc1Br)c1ccccc1. The third-order valence-corrected chi connectivity index (χ3v) is 4.00. The van der Waals surface area contributed by atoms with Crippen LogP contribution in [0.5, 0.6) is 0 Å². The van der Waals surface area contributed by atoms with E-state index >= 15 is 0 Å². The predicted molar refractivity (Wildman–Crippen MR) is 86.5 cm³/mol. The van der Waals surface area contributed by atoms with Crippen LogP contribution >= 0.6 is 15.9 Å². The third-order valence-electron chi connectivity index (χ3n) is 3.22. The molecule has 0 aliphatic heterocycles. The molecule has 0 saturated heterocycles. The van der Waals surface area contributed by atoms with Gasteiger partial charge in [-0.05, 0) is 30.2 Å². The Morgan fingerprint density at radius 3 is 2.32 bits per heavy atom. The van der Waals surface area contributed by atoms with Crippen LogP contribution in [0.1, 0.15) is 25.3 Å². The second kappa shape index (κ2) is 7.34. The lowest BCUT2D eigenvalue weighted by Crippen LogP contribution is -2.23. The fourth-order valence-corrected chi connectivity index (χ4v) is 2.53. The zero-order valence-electron chi connectivity index (χ0n) is 11.3. The average molecular weight is 318 g/mol. The van der Waals surface area contributed by atoms with Crippen LogP contribution in [0.2, 0.25) is 0 Å². The number of anilines is 1. The summed E-state index contributed by atoms with van der Waals surface area (Å²) in [6.07, 6.45) is 2.44. The van der Waals surface area contributed by atoms with Crippen LogP contribution < -0.4 is 4.90 Å². The highest BCUT2D eigenvalue weighted by Crippen LogP contribution is 2.22. The normalized spacial score (nSPS) is 10.4. The molecule has 0 atom stereocenters. The maximum absolute atomic E-state index is 3.64. The Kier molecular flexibility index (Phi) is 5.46. The van der Waals surface area contributed by atoms with Crippen molar-refractivity contribution in [3.63, 3.8) is 0 Å². The van der Waals surface area contributed by atoms with E-state index in [0.717, 1.165) is 13.1 Å². The lowest BCUT2D eigenvalue weighted by atomic mass is 10.2. The molecule has 0 radical (unpaired) electrons. The minimum Gasteiger partial charge on any atom is -0.367 e. The van der Waals surface area contributed by atoms with Crippen molar-refractivity contribution in [1.82, 2.24) is 0 Å². The lowest BCUT2D eigenvalue weighted by Gasteiger charge is -2.25. The van der Waals surface area contributed by atoms with Crippen LogP contribution in [-0.4, -0.2) is 6.54 Å².